The third-order valence-corrected chi connectivity index (χ3v) is 2.62. The van der Waals surface area contributed by atoms with Gasteiger partial charge in [0.05, 0.1) is 6.54 Å². The molecule has 1 aliphatic heterocycles. The molecule has 0 saturated carbocycles. The van der Waals surface area contributed by atoms with Crippen molar-refractivity contribution < 1.29 is 24.6 Å². The number of hydrogen-bond donors (Lipinski definition) is 2. The van der Waals surface area contributed by atoms with E-state index in [0.717, 1.165) is 9.80 Å². The number of rotatable bonds is 1. The first-order valence-corrected chi connectivity index (χ1v) is 5.03. The van der Waals surface area contributed by atoms with E-state index in [2.05, 4.69) is 0 Å². The standard InChI is InChI=1S/C9H15N3O5/c1-10(2)7(13)6-5-11(8(14)15)3-4-12(6)9(16)17/h6H,3-5H2,1-2H3,(H,14,15)(H,16,17). The third-order valence-electron chi connectivity index (χ3n) is 2.62. The van der Waals surface area contributed by atoms with Gasteiger partial charge in [-0.3, -0.25) is 9.69 Å². The number of nitrogens with zero attached hydrogens (tertiary/aromatic N) is 3. The molecule has 8 heteroatoms. The minimum atomic E-state index is -1.21. The zero-order valence-electron chi connectivity index (χ0n) is 9.66. The van der Waals surface area contributed by atoms with E-state index < -0.39 is 24.1 Å². The van der Waals surface area contributed by atoms with Gasteiger partial charge in [-0.25, -0.2) is 9.59 Å². The highest BCUT2D eigenvalue weighted by Crippen LogP contribution is 2.12. The first kappa shape index (κ1) is 13.1. The van der Waals surface area contributed by atoms with E-state index in [4.69, 9.17) is 10.2 Å². The Morgan fingerprint density at radius 1 is 1.12 bits per heavy atom. The van der Waals surface area contributed by atoms with Crippen molar-refractivity contribution in [2.75, 3.05) is 33.7 Å². The molecule has 3 amide bonds. The van der Waals surface area contributed by atoms with Crippen LogP contribution in [0.4, 0.5) is 9.59 Å². The summed E-state index contributed by atoms with van der Waals surface area (Å²) >= 11 is 0. The summed E-state index contributed by atoms with van der Waals surface area (Å²) in [6, 6.07) is -0.965. The predicted molar refractivity (Wildman–Crippen MR) is 56.8 cm³/mol. The average Bonchev–Trinajstić information content (AvgIpc) is 2.26. The number of carbonyl (C=O) groups is 3. The van der Waals surface area contributed by atoms with Crippen LogP contribution in [0.2, 0.25) is 0 Å². The van der Waals surface area contributed by atoms with Gasteiger partial charge >= 0.3 is 12.2 Å². The molecule has 0 spiro atoms. The Morgan fingerprint density at radius 2 is 1.71 bits per heavy atom. The molecular weight excluding hydrogens is 230 g/mol. The van der Waals surface area contributed by atoms with Crippen LogP contribution in [-0.4, -0.2) is 82.8 Å². The van der Waals surface area contributed by atoms with Crippen LogP contribution in [0.1, 0.15) is 0 Å². The summed E-state index contributed by atoms with van der Waals surface area (Å²) in [5.41, 5.74) is 0. The Bertz CT molecular complexity index is 344. The summed E-state index contributed by atoms with van der Waals surface area (Å²) in [4.78, 5) is 36.8. The zero-order chi connectivity index (χ0) is 13.2. The number of carbonyl (C=O) groups excluding carboxylic acids is 1. The van der Waals surface area contributed by atoms with E-state index in [1.807, 2.05) is 0 Å². The molecule has 1 fully saturated rings. The molecule has 96 valence electrons. The minimum absolute atomic E-state index is 0.00583. The van der Waals surface area contributed by atoms with Gasteiger partial charge in [-0.15, -0.1) is 0 Å². The maximum Gasteiger partial charge on any atom is 0.408 e. The second-order valence-corrected chi connectivity index (χ2v) is 3.95. The molecule has 0 aromatic heterocycles. The Morgan fingerprint density at radius 3 is 2.12 bits per heavy atom. The van der Waals surface area contributed by atoms with Gasteiger partial charge in [-0.05, 0) is 0 Å². The molecule has 1 heterocycles. The first-order chi connectivity index (χ1) is 7.84. The zero-order valence-corrected chi connectivity index (χ0v) is 9.66. The predicted octanol–water partition coefficient (Wildman–Crippen LogP) is -0.583. The summed E-state index contributed by atoms with van der Waals surface area (Å²) in [5.74, 6) is -0.418. The van der Waals surface area contributed by atoms with Crippen molar-refractivity contribution in [2.24, 2.45) is 0 Å². The van der Waals surface area contributed by atoms with Crippen molar-refractivity contribution in [2.45, 2.75) is 6.04 Å². The first-order valence-electron chi connectivity index (χ1n) is 5.03. The minimum Gasteiger partial charge on any atom is -0.465 e. The van der Waals surface area contributed by atoms with E-state index >= 15 is 0 Å². The van der Waals surface area contributed by atoms with Crippen molar-refractivity contribution in [3.05, 3.63) is 0 Å². The summed E-state index contributed by atoms with van der Waals surface area (Å²) in [5, 5.41) is 17.8. The maximum atomic E-state index is 11.8. The number of likely N-dealkylation sites (N-methyl/N-ethyl adjacent to an activating group) is 1. The Hall–Kier alpha value is -1.99. The highest BCUT2D eigenvalue weighted by atomic mass is 16.4. The average molecular weight is 245 g/mol. The topological polar surface area (TPSA) is 101 Å². The van der Waals surface area contributed by atoms with E-state index in [9.17, 15) is 14.4 Å². The SMILES string of the molecule is CN(C)C(=O)C1CN(C(=O)O)CCN1C(=O)O. The van der Waals surface area contributed by atoms with Gasteiger partial charge in [0.15, 0.2) is 0 Å². The lowest BCUT2D eigenvalue weighted by Gasteiger charge is -2.38. The fourth-order valence-corrected chi connectivity index (χ4v) is 1.70. The second kappa shape index (κ2) is 4.89. The van der Waals surface area contributed by atoms with Crippen LogP contribution in [0, 0.1) is 0 Å². The molecule has 0 aromatic rings. The molecule has 17 heavy (non-hydrogen) atoms. The van der Waals surface area contributed by atoms with Gasteiger partial charge in [0.2, 0.25) is 5.91 Å². The molecule has 0 aromatic carbocycles. The van der Waals surface area contributed by atoms with Gasteiger partial charge in [-0.1, -0.05) is 0 Å². The Kier molecular flexibility index (Phi) is 3.77. The fourth-order valence-electron chi connectivity index (χ4n) is 1.70. The molecule has 8 nitrogen and oxygen atoms in total. The van der Waals surface area contributed by atoms with Crippen molar-refractivity contribution in [1.29, 1.82) is 0 Å². The Balaban J connectivity index is 2.87. The van der Waals surface area contributed by atoms with Gasteiger partial charge in [0.25, 0.3) is 0 Å². The van der Waals surface area contributed by atoms with Crippen molar-refractivity contribution in [1.82, 2.24) is 14.7 Å². The molecule has 1 unspecified atom stereocenters. The lowest BCUT2D eigenvalue weighted by atomic mass is 10.1. The van der Waals surface area contributed by atoms with Crippen LogP contribution in [-0.2, 0) is 4.79 Å². The third kappa shape index (κ3) is 2.77. The maximum absolute atomic E-state index is 11.8. The number of amides is 3. The van der Waals surface area contributed by atoms with Crippen molar-refractivity contribution >= 4 is 18.1 Å². The molecule has 0 radical (unpaired) electrons. The van der Waals surface area contributed by atoms with Gasteiger partial charge in [-0.2, -0.15) is 0 Å². The van der Waals surface area contributed by atoms with E-state index in [1.165, 1.54) is 19.0 Å². The van der Waals surface area contributed by atoms with Gasteiger partial charge in [0.1, 0.15) is 6.04 Å². The quantitative estimate of drug-likeness (QED) is 0.643. The van der Waals surface area contributed by atoms with Gasteiger partial charge < -0.3 is 20.0 Å². The summed E-state index contributed by atoms with van der Waals surface area (Å²) in [7, 11) is 3.00. The lowest BCUT2D eigenvalue weighted by Crippen LogP contribution is -2.60. The monoisotopic (exact) mass is 245 g/mol. The molecule has 1 atom stereocenters. The van der Waals surface area contributed by atoms with Gasteiger partial charge in [0, 0.05) is 27.2 Å². The molecule has 0 bridgehead atoms. The number of piperazine rings is 1. The van der Waals surface area contributed by atoms with Crippen LogP contribution in [0.15, 0.2) is 0 Å². The fraction of sp³-hybridized carbons (Fsp3) is 0.667. The number of hydrogen-bond acceptors (Lipinski definition) is 3. The molecule has 1 aliphatic rings. The lowest BCUT2D eigenvalue weighted by molar-refractivity contribution is -0.135. The molecule has 1 rings (SSSR count). The number of carboxylic acid groups (broad SMARTS) is 2. The van der Waals surface area contributed by atoms with E-state index in [1.54, 1.807) is 0 Å². The largest absolute Gasteiger partial charge is 0.465 e. The van der Waals surface area contributed by atoms with Crippen LogP contribution < -0.4 is 0 Å². The highest BCUT2D eigenvalue weighted by molar-refractivity contribution is 5.86. The smallest absolute Gasteiger partial charge is 0.408 e. The highest BCUT2D eigenvalue weighted by Gasteiger charge is 2.37. The second-order valence-electron chi connectivity index (χ2n) is 3.95. The molecule has 0 aliphatic carbocycles. The van der Waals surface area contributed by atoms with E-state index in [0.29, 0.717) is 0 Å². The summed E-state index contributed by atoms with van der Waals surface area (Å²) in [6.07, 6.45) is -2.36. The van der Waals surface area contributed by atoms with E-state index in [-0.39, 0.29) is 19.6 Å². The molecule has 1 saturated heterocycles. The molecule has 2 N–H and O–H groups in total. The van der Waals surface area contributed by atoms with Crippen LogP contribution in [0.3, 0.4) is 0 Å². The van der Waals surface area contributed by atoms with Crippen LogP contribution in [0.25, 0.3) is 0 Å². The molecular formula is C9H15N3O5. The van der Waals surface area contributed by atoms with Crippen molar-refractivity contribution in [3.63, 3.8) is 0 Å². The summed E-state index contributed by atoms with van der Waals surface area (Å²) in [6.45, 7) is -0.0383. The van der Waals surface area contributed by atoms with Crippen LogP contribution in [0.5, 0.6) is 0 Å². The van der Waals surface area contributed by atoms with Crippen molar-refractivity contribution in [3.8, 4) is 0 Å². The van der Waals surface area contributed by atoms with Crippen LogP contribution >= 0.6 is 0 Å². The summed E-state index contributed by atoms with van der Waals surface area (Å²) < 4.78 is 0. The normalized spacial score (nSPS) is 20.0. The Labute approximate surface area is 98.0 Å².